The summed E-state index contributed by atoms with van der Waals surface area (Å²) >= 11 is 0. The summed E-state index contributed by atoms with van der Waals surface area (Å²) in [7, 11) is 1.53. The van der Waals surface area contributed by atoms with Crippen LogP contribution in [-0.2, 0) is 14.3 Å². The number of hydrogen-bond donors (Lipinski definition) is 1. The van der Waals surface area contributed by atoms with Gasteiger partial charge in [0.2, 0.25) is 11.8 Å². The Morgan fingerprint density at radius 2 is 1.96 bits per heavy atom. The number of amides is 2. The summed E-state index contributed by atoms with van der Waals surface area (Å²) in [5, 5.41) is 2.49. The van der Waals surface area contributed by atoms with Gasteiger partial charge in [0, 0.05) is 45.6 Å². The van der Waals surface area contributed by atoms with Crippen molar-refractivity contribution < 1.29 is 23.1 Å². The second kappa shape index (κ2) is 7.53. The maximum absolute atomic E-state index is 13.7. The zero-order valence-electron chi connectivity index (χ0n) is 13.7. The van der Waals surface area contributed by atoms with E-state index in [1.807, 2.05) is 4.90 Å². The van der Waals surface area contributed by atoms with Crippen LogP contribution in [0.5, 0.6) is 0 Å². The molecule has 8 heteroatoms. The fourth-order valence-corrected chi connectivity index (χ4v) is 3.46. The van der Waals surface area contributed by atoms with Crippen molar-refractivity contribution in [1.82, 2.24) is 15.1 Å². The van der Waals surface area contributed by atoms with Crippen LogP contribution in [-0.4, -0.2) is 79.5 Å². The minimum atomic E-state index is -2.67. The Hall–Kier alpha value is -1.28. The molecule has 0 spiro atoms. The number of ether oxygens (including phenoxy) is 1. The molecule has 0 unspecified atom stereocenters. The molecular formula is C15H25F2N3O3. The summed E-state index contributed by atoms with van der Waals surface area (Å²) in [5.41, 5.74) is 0. The van der Waals surface area contributed by atoms with Crippen molar-refractivity contribution in [2.75, 3.05) is 39.9 Å². The molecule has 0 aromatic carbocycles. The van der Waals surface area contributed by atoms with Gasteiger partial charge in [-0.1, -0.05) is 0 Å². The number of hydrogen-bond acceptors (Lipinski definition) is 4. The number of carbonyl (C=O) groups is 2. The maximum Gasteiger partial charge on any atom is 0.262 e. The Morgan fingerprint density at radius 3 is 2.52 bits per heavy atom. The molecule has 0 radical (unpaired) electrons. The van der Waals surface area contributed by atoms with Gasteiger partial charge in [-0.05, 0) is 12.8 Å². The van der Waals surface area contributed by atoms with Crippen LogP contribution in [0.4, 0.5) is 8.78 Å². The quantitative estimate of drug-likeness (QED) is 0.794. The van der Waals surface area contributed by atoms with E-state index in [-0.39, 0.29) is 43.4 Å². The first-order valence-corrected chi connectivity index (χ1v) is 7.97. The van der Waals surface area contributed by atoms with Gasteiger partial charge >= 0.3 is 0 Å². The van der Waals surface area contributed by atoms with E-state index in [9.17, 15) is 18.4 Å². The highest BCUT2D eigenvalue weighted by atomic mass is 19.3. The molecule has 2 fully saturated rings. The minimum absolute atomic E-state index is 0.00587. The zero-order valence-corrected chi connectivity index (χ0v) is 13.7. The van der Waals surface area contributed by atoms with Crippen molar-refractivity contribution >= 4 is 11.8 Å². The first kappa shape index (κ1) is 18.1. The third-order valence-corrected chi connectivity index (χ3v) is 4.55. The molecule has 2 aliphatic rings. The van der Waals surface area contributed by atoms with Crippen molar-refractivity contribution in [3.63, 3.8) is 0 Å². The zero-order chi connectivity index (χ0) is 17.0. The number of halogens is 2. The van der Waals surface area contributed by atoms with Crippen LogP contribution >= 0.6 is 0 Å². The Labute approximate surface area is 135 Å². The van der Waals surface area contributed by atoms with Gasteiger partial charge in [0.15, 0.2) is 0 Å². The molecule has 132 valence electrons. The Morgan fingerprint density at radius 1 is 1.30 bits per heavy atom. The summed E-state index contributed by atoms with van der Waals surface area (Å²) in [6.45, 7) is 2.50. The predicted molar refractivity (Wildman–Crippen MR) is 80.2 cm³/mol. The van der Waals surface area contributed by atoms with E-state index in [0.29, 0.717) is 32.5 Å². The van der Waals surface area contributed by atoms with E-state index >= 15 is 0 Å². The first-order valence-electron chi connectivity index (χ1n) is 7.97. The van der Waals surface area contributed by atoms with Crippen molar-refractivity contribution in [3.8, 4) is 0 Å². The molecule has 1 atom stereocenters. The summed E-state index contributed by atoms with van der Waals surface area (Å²) in [6.07, 6.45) is 1.17. The number of rotatable bonds is 5. The van der Waals surface area contributed by atoms with Crippen LogP contribution in [0.1, 0.15) is 26.2 Å². The lowest BCUT2D eigenvalue weighted by molar-refractivity contribution is -0.134. The fourth-order valence-electron chi connectivity index (χ4n) is 3.46. The standard InChI is InChI=1S/C15H25F2N3O3/c1-11(21)18-8-14(22)19-5-3-12(4-6-19)20-10-15(16,17)7-13(20)9-23-2/h12-13H,3-10H2,1-2H3,(H,18,21)/t13-/m0/s1. The summed E-state index contributed by atoms with van der Waals surface area (Å²) in [6, 6.07) is -0.213. The third kappa shape index (κ3) is 4.84. The average Bonchev–Trinajstić information content (AvgIpc) is 2.80. The van der Waals surface area contributed by atoms with E-state index in [1.54, 1.807) is 4.90 Å². The number of nitrogens with zero attached hydrogens (tertiary/aromatic N) is 2. The first-order chi connectivity index (χ1) is 10.8. The molecule has 2 aliphatic heterocycles. The number of piperidine rings is 1. The smallest absolute Gasteiger partial charge is 0.262 e. The molecule has 6 nitrogen and oxygen atoms in total. The number of methoxy groups -OCH3 is 1. The molecule has 0 aromatic heterocycles. The van der Waals surface area contributed by atoms with Crippen molar-refractivity contribution in [2.45, 2.75) is 44.2 Å². The second-order valence-corrected chi connectivity index (χ2v) is 6.36. The van der Waals surface area contributed by atoms with Gasteiger partial charge in [-0.15, -0.1) is 0 Å². The normalized spacial score (nSPS) is 25.6. The van der Waals surface area contributed by atoms with Gasteiger partial charge in [-0.3, -0.25) is 14.5 Å². The second-order valence-electron chi connectivity index (χ2n) is 6.36. The van der Waals surface area contributed by atoms with Crippen LogP contribution in [0, 0.1) is 0 Å². The number of nitrogens with one attached hydrogen (secondary N) is 1. The topological polar surface area (TPSA) is 61.9 Å². The molecule has 0 bridgehead atoms. The van der Waals surface area contributed by atoms with Crippen molar-refractivity contribution in [3.05, 3.63) is 0 Å². The van der Waals surface area contributed by atoms with E-state index in [1.165, 1.54) is 14.0 Å². The highest BCUT2D eigenvalue weighted by molar-refractivity contribution is 5.83. The number of likely N-dealkylation sites (tertiary alicyclic amines) is 2. The molecule has 1 N–H and O–H groups in total. The summed E-state index contributed by atoms with van der Waals surface area (Å²) in [5.74, 6) is -3.03. The van der Waals surface area contributed by atoms with E-state index in [0.717, 1.165) is 0 Å². The number of alkyl halides is 2. The van der Waals surface area contributed by atoms with Crippen LogP contribution in [0.3, 0.4) is 0 Å². The molecule has 23 heavy (non-hydrogen) atoms. The highest BCUT2D eigenvalue weighted by Gasteiger charge is 2.47. The minimum Gasteiger partial charge on any atom is -0.383 e. The summed E-state index contributed by atoms with van der Waals surface area (Å²) < 4.78 is 32.5. The SMILES string of the molecule is COC[C@@H]1CC(F)(F)CN1C1CCN(C(=O)CNC(C)=O)CC1. The van der Waals surface area contributed by atoms with Crippen LogP contribution in [0.2, 0.25) is 0 Å². The molecule has 0 saturated carbocycles. The van der Waals surface area contributed by atoms with Gasteiger partial charge in [0.05, 0.1) is 19.7 Å². The van der Waals surface area contributed by atoms with E-state index in [2.05, 4.69) is 5.32 Å². The molecule has 2 rings (SSSR count). The van der Waals surface area contributed by atoms with Crippen LogP contribution < -0.4 is 5.32 Å². The van der Waals surface area contributed by atoms with Crippen molar-refractivity contribution in [1.29, 1.82) is 0 Å². The molecular weight excluding hydrogens is 308 g/mol. The highest BCUT2D eigenvalue weighted by Crippen LogP contribution is 2.35. The van der Waals surface area contributed by atoms with Crippen molar-refractivity contribution in [2.24, 2.45) is 0 Å². The lowest BCUT2D eigenvalue weighted by Gasteiger charge is -2.39. The third-order valence-electron chi connectivity index (χ3n) is 4.55. The largest absolute Gasteiger partial charge is 0.383 e. The van der Waals surface area contributed by atoms with Gasteiger partial charge in [-0.2, -0.15) is 0 Å². The number of carbonyl (C=O) groups excluding carboxylic acids is 2. The Kier molecular flexibility index (Phi) is 5.91. The maximum atomic E-state index is 13.7. The lowest BCUT2D eigenvalue weighted by atomic mass is 10.0. The Balaban J connectivity index is 1.85. The lowest BCUT2D eigenvalue weighted by Crippen LogP contribution is -2.51. The molecule has 2 saturated heterocycles. The van der Waals surface area contributed by atoms with E-state index in [4.69, 9.17) is 4.74 Å². The average molecular weight is 333 g/mol. The fraction of sp³-hybridized carbons (Fsp3) is 0.867. The van der Waals surface area contributed by atoms with Gasteiger partial charge < -0.3 is 15.0 Å². The van der Waals surface area contributed by atoms with Crippen LogP contribution in [0.25, 0.3) is 0 Å². The molecule has 2 heterocycles. The van der Waals surface area contributed by atoms with Gasteiger partial charge in [0.1, 0.15) is 0 Å². The molecule has 0 aromatic rings. The van der Waals surface area contributed by atoms with Crippen LogP contribution in [0.15, 0.2) is 0 Å². The molecule has 2 amide bonds. The predicted octanol–water partition coefficient (Wildman–Crippen LogP) is 0.470. The van der Waals surface area contributed by atoms with Gasteiger partial charge in [0.25, 0.3) is 5.92 Å². The Bertz CT molecular complexity index is 440. The summed E-state index contributed by atoms with van der Waals surface area (Å²) in [4.78, 5) is 26.3. The van der Waals surface area contributed by atoms with E-state index < -0.39 is 5.92 Å². The molecule has 0 aliphatic carbocycles. The monoisotopic (exact) mass is 333 g/mol. The van der Waals surface area contributed by atoms with Gasteiger partial charge in [-0.25, -0.2) is 8.78 Å².